The van der Waals surface area contributed by atoms with Crippen molar-refractivity contribution in [3.8, 4) is 0 Å². The third-order valence-electron chi connectivity index (χ3n) is 4.70. The van der Waals surface area contributed by atoms with Gasteiger partial charge in [0.05, 0.1) is 5.52 Å². The van der Waals surface area contributed by atoms with Gasteiger partial charge < -0.3 is 15.0 Å². The number of halogens is 3. The van der Waals surface area contributed by atoms with E-state index in [0.29, 0.717) is 5.82 Å². The number of carboxylic acids is 1. The van der Waals surface area contributed by atoms with Gasteiger partial charge in [0, 0.05) is 31.4 Å². The van der Waals surface area contributed by atoms with E-state index < -0.39 is 22.2 Å². The van der Waals surface area contributed by atoms with Gasteiger partial charge in [0.25, 0.3) is 10.0 Å². The van der Waals surface area contributed by atoms with E-state index in [1.807, 2.05) is 18.2 Å². The lowest BCUT2D eigenvalue weighted by atomic mass is 10.1. The fourth-order valence-electron chi connectivity index (χ4n) is 3.15. The average molecular weight is 444 g/mol. The SMILES string of the molecule is Cc1nc(S(=O)(=O)n2cc3c4c(cccc42)CNCC3)cn1C.O=C(O)C(F)(F)F. The summed E-state index contributed by atoms with van der Waals surface area (Å²) in [6.07, 6.45) is -0.953. The van der Waals surface area contributed by atoms with Gasteiger partial charge in [0.1, 0.15) is 5.82 Å². The molecule has 2 N–H and O–H groups in total. The second kappa shape index (κ2) is 7.76. The van der Waals surface area contributed by atoms with E-state index in [9.17, 15) is 21.6 Å². The molecule has 4 rings (SSSR count). The monoisotopic (exact) mass is 444 g/mol. The molecule has 0 bridgehead atoms. The molecule has 1 aliphatic heterocycles. The lowest BCUT2D eigenvalue weighted by molar-refractivity contribution is -0.192. The maximum atomic E-state index is 13.0. The molecular weight excluding hydrogens is 425 g/mol. The van der Waals surface area contributed by atoms with Crippen LogP contribution in [0.2, 0.25) is 0 Å². The summed E-state index contributed by atoms with van der Waals surface area (Å²) in [7, 11) is -1.90. The third kappa shape index (κ3) is 4.05. The smallest absolute Gasteiger partial charge is 0.475 e. The van der Waals surface area contributed by atoms with Crippen molar-refractivity contribution in [1.82, 2.24) is 18.8 Å². The van der Waals surface area contributed by atoms with Gasteiger partial charge in [-0.15, -0.1) is 0 Å². The lowest BCUT2D eigenvalue weighted by Gasteiger charge is -2.07. The molecule has 0 saturated carbocycles. The van der Waals surface area contributed by atoms with Crippen LogP contribution in [0, 0.1) is 6.92 Å². The van der Waals surface area contributed by atoms with Crippen LogP contribution >= 0.6 is 0 Å². The minimum Gasteiger partial charge on any atom is -0.475 e. The summed E-state index contributed by atoms with van der Waals surface area (Å²) in [4.78, 5) is 13.1. The number of hydrogen-bond donors (Lipinski definition) is 2. The zero-order chi connectivity index (χ0) is 22.3. The van der Waals surface area contributed by atoms with E-state index in [1.165, 1.54) is 3.97 Å². The number of aromatic nitrogens is 3. The Morgan fingerprint density at radius 3 is 2.47 bits per heavy atom. The first-order chi connectivity index (χ1) is 13.9. The zero-order valence-electron chi connectivity index (χ0n) is 16.1. The third-order valence-corrected chi connectivity index (χ3v) is 6.24. The molecule has 2 aromatic heterocycles. The van der Waals surface area contributed by atoms with Gasteiger partial charge in [-0.25, -0.2) is 13.8 Å². The zero-order valence-corrected chi connectivity index (χ0v) is 16.9. The molecule has 30 heavy (non-hydrogen) atoms. The Balaban J connectivity index is 0.000000318. The Labute approximate surface area is 170 Å². The molecule has 12 heteroatoms. The van der Waals surface area contributed by atoms with Crippen molar-refractivity contribution in [3.05, 3.63) is 47.5 Å². The van der Waals surface area contributed by atoms with Gasteiger partial charge in [0.2, 0.25) is 0 Å². The van der Waals surface area contributed by atoms with E-state index in [0.717, 1.165) is 41.5 Å². The van der Waals surface area contributed by atoms with Crippen molar-refractivity contribution in [2.75, 3.05) is 6.54 Å². The van der Waals surface area contributed by atoms with E-state index in [1.54, 1.807) is 30.9 Å². The Morgan fingerprint density at radius 1 is 1.23 bits per heavy atom. The highest BCUT2D eigenvalue weighted by Crippen LogP contribution is 2.30. The lowest BCUT2D eigenvalue weighted by Crippen LogP contribution is -2.21. The minimum absolute atomic E-state index is 0.0848. The highest BCUT2D eigenvalue weighted by atomic mass is 32.2. The summed E-state index contributed by atoms with van der Waals surface area (Å²) in [5.41, 5.74) is 2.93. The number of carboxylic acid groups (broad SMARTS) is 1. The first-order valence-corrected chi connectivity index (χ1v) is 10.2. The van der Waals surface area contributed by atoms with Crippen LogP contribution in [0.3, 0.4) is 0 Å². The second-order valence-electron chi connectivity index (χ2n) is 6.73. The quantitative estimate of drug-likeness (QED) is 0.628. The van der Waals surface area contributed by atoms with Crippen LogP contribution in [0.1, 0.15) is 17.0 Å². The van der Waals surface area contributed by atoms with Crippen molar-refractivity contribution in [1.29, 1.82) is 0 Å². The van der Waals surface area contributed by atoms with Crippen molar-refractivity contribution in [3.63, 3.8) is 0 Å². The second-order valence-corrected chi connectivity index (χ2v) is 8.50. The fourth-order valence-corrected chi connectivity index (χ4v) is 4.57. The largest absolute Gasteiger partial charge is 0.490 e. The highest BCUT2D eigenvalue weighted by Gasteiger charge is 2.38. The van der Waals surface area contributed by atoms with Gasteiger partial charge in [-0.05, 0) is 37.1 Å². The number of aliphatic carboxylic acids is 1. The first kappa shape index (κ1) is 21.8. The van der Waals surface area contributed by atoms with E-state index in [-0.39, 0.29) is 5.03 Å². The number of nitrogens with zero attached hydrogens (tertiary/aromatic N) is 3. The molecule has 0 radical (unpaired) electrons. The molecule has 0 spiro atoms. The van der Waals surface area contributed by atoms with E-state index >= 15 is 0 Å². The first-order valence-electron chi connectivity index (χ1n) is 8.81. The maximum Gasteiger partial charge on any atom is 0.490 e. The number of alkyl halides is 3. The van der Waals surface area contributed by atoms with Crippen molar-refractivity contribution in [2.24, 2.45) is 7.05 Å². The highest BCUT2D eigenvalue weighted by molar-refractivity contribution is 7.90. The fraction of sp³-hybridized carbons (Fsp3) is 0.333. The van der Waals surface area contributed by atoms with Gasteiger partial charge in [0.15, 0.2) is 5.03 Å². The summed E-state index contributed by atoms with van der Waals surface area (Å²) in [6.45, 7) is 3.40. The van der Waals surface area contributed by atoms with Crippen molar-refractivity contribution >= 4 is 26.9 Å². The van der Waals surface area contributed by atoms with Gasteiger partial charge in [-0.3, -0.25) is 0 Å². The van der Waals surface area contributed by atoms with E-state index in [4.69, 9.17) is 9.90 Å². The molecule has 0 atom stereocenters. The predicted octanol–water partition coefficient (Wildman–Crippen LogP) is 2.20. The number of benzene rings is 1. The Morgan fingerprint density at radius 2 is 1.90 bits per heavy atom. The van der Waals surface area contributed by atoms with Gasteiger partial charge in [-0.1, -0.05) is 12.1 Å². The van der Waals surface area contributed by atoms with Crippen LogP contribution in [0.4, 0.5) is 13.2 Å². The van der Waals surface area contributed by atoms with Gasteiger partial charge >= 0.3 is 12.1 Å². The molecule has 3 heterocycles. The average Bonchev–Trinajstić information content (AvgIpc) is 3.12. The molecule has 0 fully saturated rings. The Hall–Kier alpha value is -2.86. The number of aryl methyl sites for hydroxylation is 2. The van der Waals surface area contributed by atoms with Crippen molar-refractivity contribution in [2.45, 2.75) is 31.1 Å². The molecule has 0 saturated heterocycles. The van der Waals surface area contributed by atoms with Crippen molar-refractivity contribution < 1.29 is 31.5 Å². The topological polar surface area (TPSA) is 106 Å². The molecule has 0 unspecified atom stereocenters. The van der Waals surface area contributed by atoms with Crippen LogP contribution in [-0.4, -0.2) is 45.7 Å². The van der Waals surface area contributed by atoms with Crippen LogP contribution in [0.25, 0.3) is 10.9 Å². The summed E-state index contributed by atoms with van der Waals surface area (Å²) in [5.74, 6) is -2.08. The summed E-state index contributed by atoms with van der Waals surface area (Å²) in [6, 6.07) is 5.82. The van der Waals surface area contributed by atoms with Crippen LogP contribution in [-0.2, 0) is 34.8 Å². The minimum atomic E-state index is -5.08. The standard InChI is InChI=1S/C16H18N4O2S.C2HF3O2/c1-11-18-15(10-19(11)2)23(21,22)20-9-13-6-7-17-8-12-4-3-5-14(20)16(12)13;3-2(4,5)1(6)7/h3-5,9-10,17H,6-8H2,1-2H3;(H,6,7). The molecule has 1 aromatic carbocycles. The Bertz CT molecular complexity index is 1190. The van der Waals surface area contributed by atoms with Gasteiger partial charge in [-0.2, -0.15) is 21.6 Å². The molecular formula is C18H19F3N4O4S. The molecule has 3 aromatic rings. The summed E-state index contributed by atoms with van der Waals surface area (Å²) in [5, 5.41) is 11.6. The van der Waals surface area contributed by atoms with E-state index in [2.05, 4.69) is 10.3 Å². The molecule has 162 valence electrons. The van der Waals surface area contributed by atoms with Crippen LogP contribution in [0.5, 0.6) is 0 Å². The molecule has 0 amide bonds. The predicted molar refractivity (Wildman–Crippen MR) is 102 cm³/mol. The molecule has 0 aliphatic carbocycles. The molecule has 1 aliphatic rings. The number of carbonyl (C=O) groups is 1. The number of imidazole rings is 1. The summed E-state index contributed by atoms with van der Waals surface area (Å²) >= 11 is 0. The normalized spacial score (nSPS) is 14.2. The number of nitrogens with one attached hydrogen (secondary N) is 1. The van der Waals surface area contributed by atoms with Crippen LogP contribution in [0.15, 0.2) is 35.6 Å². The Kier molecular flexibility index (Phi) is 5.65. The number of hydrogen-bond acceptors (Lipinski definition) is 5. The van der Waals surface area contributed by atoms with Crippen LogP contribution < -0.4 is 5.32 Å². The summed E-state index contributed by atoms with van der Waals surface area (Å²) < 4.78 is 60.9. The molecule has 8 nitrogen and oxygen atoms in total. The maximum absolute atomic E-state index is 13.0. The number of rotatable bonds is 2.